The summed E-state index contributed by atoms with van der Waals surface area (Å²) < 4.78 is 5.45. The first-order valence-electron chi connectivity index (χ1n) is 13.6. The average Bonchev–Trinajstić information content (AvgIpc) is 3.55. The van der Waals surface area contributed by atoms with Gasteiger partial charge < -0.3 is 20.3 Å². The molecule has 4 atom stereocenters. The molecule has 0 saturated heterocycles. The van der Waals surface area contributed by atoms with Gasteiger partial charge in [0.25, 0.3) is 0 Å². The lowest BCUT2D eigenvalue weighted by atomic mass is 9.93. The Hall–Kier alpha value is -3.01. The number of benzene rings is 1. The Labute approximate surface area is 222 Å². The van der Waals surface area contributed by atoms with E-state index in [1.54, 1.807) is 31.7 Å². The van der Waals surface area contributed by atoms with Crippen LogP contribution in [0, 0.1) is 24.2 Å². The Morgan fingerprint density at radius 3 is 2.27 bits per heavy atom. The summed E-state index contributed by atoms with van der Waals surface area (Å²) in [6, 6.07) is 5.52. The van der Waals surface area contributed by atoms with Gasteiger partial charge in [0.05, 0.1) is 0 Å². The Morgan fingerprint density at radius 1 is 1.11 bits per heavy atom. The predicted molar refractivity (Wildman–Crippen MR) is 145 cm³/mol. The number of nitrogens with one attached hydrogen (secondary N) is 2. The Morgan fingerprint density at radius 2 is 1.73 bits per heavy atom. The molecule has 2 aliphatic carbocycles. The van der Waals surface area contributed by atoms with Gasteiger partial charge in [-0.05, 0) is 63.5 Å². The van der Waals surface area contributed by atoms with Crippen molar-refractivity contribution < 1.29 is 19.1 Å². The normalized spacial score (nSPS) is 21.4. The molecule has 7 heteroatoms. The number of hydrogen-bond donors (Lipinski definition) is 2. The predicted octanol–water partition coefficient (Wildman–Crippen LogP) is 4.94. The molecule has 3 rings (SSSR count). The minimum absolute atomic E-state index is 0.0797. The van der Waals surface area contributed by atoms with Crippen molar-refractivity contribution in [1.82, 2.24) is 15.5 Å². The van der Waals surface area contributed by atoms with Crippen LogP contribution in [-0.4, -0.2) is 46.5 Å². The molecular formula is C30H43N3O4. The molecule has 1 aromatic rings. The monoisotopic (exact) mass is 509 g/mol. The zero-order valence-electron chi connectivity index (χ0n) is 23.2. The smallest absolute Gasteiger partial charge is 0.408 e. The highest BCUT2D eigenvalue weighted by Gasteiger charge is 2.49. The third-order valence-electron chi connectivity index (χ3n) is 7.17. The standard InChI is InChI=1S/C30H43N3O4/c1-8-21-14-12-13-17-23(21)26(27(34)31-22-15-10-9-11-16-22)33(24-18-20(24)4)28(35)25(19(2)3)32-29(36)37-30(5,6)7/h1,12-14,17,19-20,22,24-26H,9-11,15-16,18H2,2-7H3,(H,31,34)(H,32,36). The number of nitrogens with zero attached hydrogens (tertiary/aromatic N) is 1. The highest BCUT2D eigenvalue weighted by Crippen LogP contribution is 2.41. The lowest BCUT2D eigenvalue weighted by molar-refractivity contribution is -0.144. The fourth-order valence-corrected chi connectivity index (χ4v) is 5.09. The average molecular weight is 510 g/mol. The van der Waals surface area contributed by atoms with Crippen molar-refractivity contribution in [1.29, 1.82) is 0 Å². The van der Waals surface area contributed by atoms with E-state index in [2.05, 4.69) is 23.5 Å². The van der Waals surface area contributed by atoms with Gasteiger partial charge in [-0.1, -0.05) is 64.2 Å². The fraction of sp³-hybridized carbons (Fsp3) is 0.633. The molecule has 202 valence electrons. The van der Waals surface area contributed by atoms with Gasteiger partial charge in [0.1, 0.15) is 17.7 Å². The summed E-state index contributed by atoms with van der Waals surface area (Å²) in [5.74, 6) is 2.20. The quantitative estimate of drug-likeness (QED) is 0.486. The molecule has 0 aromatic heterocycles. The van der Waals surface area contributed by atoms with Gasteiger partial charge in [-0.25, -0.2) is 4.79 Å². The number of carbonyl (C=O) groups excluding carboxylic acids is 3. The highest BCUT2D eigenvalue weighted by molar-refractivity contribution is 5.93. The van der Waals surface area contributed by atoms with Crippen LogP contribution in [0.2, 0.25) is 0 Å². The summed E-state index contributed by atoms with van der Waals surface area (Å²) in [6.45, 7) is 11.2. The van der Waals surface area contributed by atoms with Crippen molar-refractivity contribution in [2.45, 2.75) is 110 Å². The van der Waals surface area contributed by atoms with E-state index >= 15 is 0 Å². The van der Waals surface area contributed by atoms with Gasteiger partial charge in [-0.2, -0.15) is 0 Å². The minimum Gasteiger partial charge on any atom is -0.444 e. The molecular weight excluding hydrogens is 466 g/mol. The molecule has 0 heterocycles. The molecule has 37 heavy (non-hydrogen) atoms. The van der Waals surface area contributed by atoms with Gasteiger partial charge >= 0.3 is 6.09 Å². The van der Waals surface area contributed by atoms with Crippen LogP contribution in [0.3, 0.4) is 0 Å². The van der Waals surface area contributed by atoms with Crippen LogP contribution >= 0.6 is 0 Å². The van der Waals surface area contributed by atoms with Gasteiger partial charge in [-0.3, -0.25) is 9.59 Å². The molecule has 1 aromatic carbocycles. The van der Waals surface area contributed by atoms with E-state index in [0.29, 0.717) is 11.1 Å². The van der Waals surface area contributed by atoms with Crippen LogP contribution in [0.1, 0.15) is 97.2 Å². The second-order valence-electron chi connectivity index (χ2n) is 11.9. The van der Waals surface area contributed by atoms with Gasteiger partial charge in [0.2, 0.25) is 11.8 Å². The molecule has 2 aliphatic rings. The maximum Gasteiger partial charge on any atom is 0.408 e. The molecule has 0 aliphatic heterocycles. The van der Waals surface area contributed by atoms with Crippen molar-refractivity contribution in [3.63, 3.8) is 0 Å². The van der Waals surface area contributed by atoms with Crippen LogP contribution in [0.25, 0.3) is 0 Å². The highest BCUT2D eigenvalue weighted by atomic mass is 16.6. The lowest BCUT2D eigenvalue weighted by Crippen LogP contribution is -2.56. The van der Waals surface area contributed by atoms with Crippen molar-refractivity contribution in [3.8, 4) is 12.3 Å². The van der Waals surface area contributed by atoms with Crippen molar-refractivity contribution >= 4 is 17.9 Å². The Balaban J connectivity index is 2.00. The molecule has 3 amide bonds. The summed E-state index contributed by atoms with van der Waals surface area (Å²) in [7, 11) is 0. The second kappa shape index (κ2) is 12.0. The SMILES string of the molecule is C#Cc1ccccc1C(C(=O)NC1CCCCC1)N(C(=O)C(NC(=O)OC(C)(C)C)C(C)C)C1CC1C. The summed E-state index contributed by atoms with van der Waals surface area (Å²) in [5, 5.41) is 6.01. The van der Waals surface area contributed by atoms with E-state index in [9.17, 15) is 14.4 Å². The molecule has 2 fully saturated rings. The summed E-state index contributed by atoms with van der Waals surface area (Å²) in [4.78, 5) is 42.6. The van der Waals surface area contributed by atoms with Crippen LogP contribution in [0.4, 0.5) is 4.79 Å². The largest absolute Gasteiger partial charge is 0.444 e. The van der Waals surface area contributed by atoms with Crippen LogP contribution in [0.5, 0.6) is 0 Å². The number of hydrogen-bond acceptors (Lipinski definition) is 4. The van der Waals surface area contributed by atoms with Gasteiger partial charge in [0.15, 0.2) is 0 Å². The second-order valence-corrected chi connectivity index (χ2v) is 11.9. The summed E-state index contributed by atoms with van der Waals surface area (Å²) in [5.41, 5.74) is 0.511. The first-order chi connectivity index (χ1) is 17.4. The molecule has 4 unspecified atom stereocenters. The molecule has 2 saturated carbocycles. The molecule has 0 spiro atoms. The minimum atomic E-state index is -0.890. The first kappa shape index (κ1) is 28.6. The number of rotatable bonds is 8. The maximum atomic E-state index is 14.2. The summed E-state index contributed by atoms with van der Waals surface area (Å²) >= 11 is 0. The molecule has 0 bridgehead atoms. The third-order valence-corrected chi connectivity index (χ3v) is 7.17. The number of terminal acetylenes is 1. The number of carbonyl (C=O) groups is 3. The van der Waals surface area contributed by atoms with E-state index in [1.807, 2.05) is 32.0 Å². The van der Waals surface area contributed by atoms with E-state index in [4.69, 9.17) is 11.2 Å². The lowest BCUT2D eigenvalue weighted by Gasteiger charge is -2.37. The van der Waals surface area contributed by atoms with Gasteiger partial charge in [-0.15, -0.1) is 6.42 Å². The maximum absolute atomic E-state index is 14.2. The van der Waals surface area contributed by atoms with Crippen molar-refractivity contribution in [2.24, 2.45) is 11.8 Å². The number of ether oxygens (including phenoxy) is 1. The van der Waals surface area contributed by atoms with Crippen LogP contribution in [0.15, 0.2) is 24.3 Å². The van der Waals surface area contributed by atoms with E-state index in [1.165, 1.54) is 6.42 Å². The van der Waals surface area contributed by atoms with E-state index < -0.39 is 23.8 Å². The zero-order chi connectivity index (χ0) is 27.3. The van der Waals surface area contributed by atoms with Gasteiger partial charge in [0, 0.05) is 17.6 Å². The Bertz CT molecular complexity index is 1020. The fourth-order valence-electron chi connectivity index (χ4n) is 5.09. The first-order valence-corrected chi connectivity index (χ1v) is 13.6. The Kier molecular flexibility index (Phi) is 9.28. The van der Waals surface area contributed by atoms with E-state index in [-0.39, 0.29) is 35.7 Å². The van der Waals surface area contributed by atoms with E-state index in [0.717, 1.165) is 32.1 Å². The number of amides is 3. The molecule has 7 nitrogen and oxygen atoms in total. The molecule has 0 radical (unpaired) electrons. The number of alkyl carbamates (subject to hydrolysis) is 1. The van der Waals surface area contributed by atoms with Crippen LogP contribution < -0.4 is 10.6 Å². The summed E-state index contributed by atoms with van der Waals surface area (Å²) in [6.07, 6.45) is 11.2. The molecule has 2 N–H and O–H groups in total. The van der Waals surface area contributed by atoms with Crippen LogP contribution in [-0.2, 0) is 14.3 Å². The third kappa shape index (κ3) is 7.50. The van der Waals surface area contributed by atoms with Crippen molar-refractivity contribution in [2.75, 3.05) is 0 Å². The topological polar surface area (TPSA) is 87.7 Å². The van der Waals surface area contributed by atoms with Crippen molar-refractivity contribution in [3.05, 3.63) is 35.4 Å². The zero-order valence-corrected chi connectivity index (χ0v) is 23.2.